The molecule has 3 rings (SSSR count). The minimum absolute atomic E-state index is 0.0000466. The third-order valence-electron chi connectivity index (χ3n) is 4.16. The first kappa shape index (κ1) is 20.3. The standard InChI is InChI=1S/C20H23N5OS2/c1-25(2)17(15-9-5-3-6-10-15)13-21-18(26)14-27-20-24-23-19(28-20)22-16-11-7-4-8-12-16/h3-12,17H,13-14H2,1-2H3,(H,21,26)(H,22,23)/p+1/t17-/m1/s1. The second-order valence-electron chi connectivity index (χ2n) is 6.50. The molecule has 0 unspecified atom stereocenters. The Morgan fingerprint density at radius 2 is 1.75 bits per heavy atom. The lowest BCUT2D eigenvalue weighted by Gasteiger charge is -2.22. The Morgan fingerprint density at radius 3 is 2.43 bits per heavy atom. The molecule has 1 atom stereocenters. The van der Waals surface area contributed by atoms with Gasteiger partial charge >= 0.3 is 0 Å². The van der Waals surface area contributed by atoms with Crippen LogP contribution in [-0.2, 0) is 4.79 Å². The van der Waals surface area contributed by atoms with Gasteiger partial charge in [-0.15, -0.1) is 10.2 Å². The predicted octanol–water partition coefficient (Wildman–Crippen LogP) is 2.38. The summed E-state index contributed by atoms with van der Waals surface area (Å²) < 4.78 is 0.770. The summed E-state index contributed by atoms with van der Waals surface area (Å²) in [4.78, 5) is 13.5. The fourth-order valence-electron chi connectivity index (χ4n) is 2.70. The summed E-state index contributed by atoms with van der Waals surface area (Å²) in [5.41, 5.74) is 2.18. The SMILES string of the molecule is C[NH+](C)[C@H](CNC(=O)CSc1nnc(Nc2ccccc2)s1)c1ccccc1. The van der Waals surface area contributed by atoms with Crippen LogP contribution in [0.5, 0.6) is 0 Å². The number of carbonyl (C=O) groups is 1. The van der Waals surface area contributed by atoms with Crippen molar-refractivity contribution in [3.63, 3.8) is 0 Å². The third-order valence-corrected chi connectivity index (χ3v) is 6.13. The summed E-state index contributed by atoms with van der Waals surface area (Å²) in [6, 6.07) is 20.3. The highest BCUT2D eigenvalue weighted by atomic mass is 32.2. The summed E-state index contributed by atoms with van der Waals surface area (Å²) >= 11 is 2.84. The van der Waals surface area contributed by atoms with E-state index in [1.807, 2.05) is 48.5 Å². The molecule has 3 N–H and O–H groups in total. The lowest BCUT2D eigenvalue weighted by Crippen LogP contribution is -3.07. The molecule has 0 saturated heterocycles. The average Bonchev–Trinajstić information content (AvgIpc) is 3.15. The minimum Gasteiger partial charge on any atom is -0.349 e. The van der Waals surface area contributed by atoms with Crippen LogP contribution in [0.3, 0.4) is 0 Å². The monoisotopic (exact) mass is 414 g/mol. The van der Waals surface area contributed by atoms with Crippen molar-refractivity contribution < 1.29 is 9.69 Å². The van der Waals surface area contributed by atoms with Crippen molar-refractivity contribution in [2.75, 3.05) is 31.7 Å². The van der Waals surface area contributed by atoms with Crippen molar-refractivity contribution in [2.24, 2.45) is 0 Å². The van der Waals surface area contributed by atoms with Gasteiger partial charge in [-0.25, -0.2) is 0 Å². The third kappa shape index (κ3) is 6.05. The van der Waals surface area contributed by atoms with E-state index in [1.54, 1.807) is 0 Å². The van der Waals surface area contributed by atoms with Crippen molar-refractivity contribution in [3.8, 4) is 0 Å². The van der Waals surface area contributed by atoms with Crippen molar-refractivity contribution >= 4 is 39.8 Å². The van der Waals surface area contributed by atoms with Crippen LogP contribution in [-0.4, -0.2) is 42.5 Å². The van der Waals surface area contributed by atoms with Gasteiger partial charge in [-0.1, -0.05) is 71.6 Å². The molecule has 1 heterocycles. The van der Waals surface area contributed by atoms with E-state index < -0.39 is 0 Å². The first-order chi connectivity index (χ1) is 13.6. The van der Waals surface area contributed by atoms with Crippen LogP contribution in [0, 0.1) is 0 Å². The molecule has 0 spiro atoms. The van der Waals surface area contributed by atoms with E-state index in [-0.39, 0.29) is 11.9 Å². The molecule has 0 aliphatic carbocycles. The Morgan fingerprint density at radius 1 is 1.07 bits per heavy atom. The number of carbonyl (C=O) groups excluding carboxylic acids is 1. The molecule has 2 aromatic carbocycles. The summed E-state index contributed by atoms with van der Waals surface area (Å²) in [6.45, 7) is 0.600. The van der Waals surface area contributed by atoms with Crippen LogP contribution >= 0.6 is 23.1 Å². The number of anilines is 2. The van der Waals surface area contributed by atoms with Crippen LogP contribution in [0.25, 0.3) is 0 Å². The molecular weight excluding hydrogens is 390 g/mol. The van der Waals surface area contributed by atoms with Crippen LogP contribution in [0.4, 0.5) is 10.8 Å². The Bertz CT molecular complexity index is 871. The van der Waals surface area contributed by atoms with Crippen LogP contribution in [0.1, 0.15) is 11.6 Å². The number of nitrogens with zero attached hydrogens (tertiary/aromatic N) is 2. The smallest absolute Gasteiger partial charge is 0.230 e. The molecule has 3 aromatic rings. The molecule has 146 valence electrons. The van der Waals surface area contributed by atoms with E-state index in [9.17, 15) is 4.79 Å². The molecule has 0 fully saturated rings. The molecule has 0 saturated carbocycles. The Balaban J connectivity index is 1.46. The molecular formula is C20H24N5OS2+. The minimum atomic E-state index is -0.0000466. The molecule has 0 radical (unpaired) electrons. The zero-order valence-electron chi connectivity index (χ0n) is 15.9. The van der Waals surface area contributed by atoms with Crippen molar-refractivity contribution in [1.29, 1.82) is 0 Å². The lowest BCUT2D eigenvalue weighted by molar-refractivity contribution is -0.890. The number of rotatable bonds is 9. The molecule has 0 aliphatic rings. The first-order valence-electron chi connectivity index (χ1n) is 9.02. The fourth-order valence-corrected chi connectivity index (χ4v) is 4.30. The van der Waals surface area contributed by atoms with Gasteiger partial charge in [-0.2, -0.15) is 0 Å². The first-order valence-corrected chi connectivity index (χ1v) is 10.8. The van der Waals surface area contributed by atoms with Gasteiger partial charge in [-0.3, -0.25) is 4.79 Å². The zero-order valence-corrected chi connectivity index (χ0v) is 17.5. The quantitative estimate of drug-likeness (QED) is 0.469. The number of aromatic nitrogens is 2. The number of amides is 1. The second-order valence-corrected chi connectivity index (χ2v) is 8.70. The van der Waals surface area contributed by atoms with E-state index in [1.165, 1.54) is 33.6 Å². The number of hydrogen-bond acceptors (Lipinski definition) is 6. The van der Waals surface area contributed by atoms with Crippen molar-refractivity contribution in [3.05, 3.63) is 66.2 Å². The van der Waals surface area contributed by atoms with Gasteiger partial charge in [0, 0.05) is 11.3 Å². The molecule has 1 aromatic heterocycles. The van der Waals surface area contributed by atoms with E-state index in [0.29, 0.717) is 12.3 Å². The Labute approximate surface area is 173 Å². The molecule has 1 amide bonds. The highest BCUT2D eigenvalue weighted by Crippen LogP contribution is 2.27. The fraction of sp³-hybridized carbons (Fsp3) is 0.250. The maximum atomic E-state index is 12.3. The van der Waals surface area contributed by atoms with Gasteiger partial charge in [-0.05, 0) is 12.1 Å². The average molecular weight is 415 g/mol. The highest BCUT2D eigenvalue weighted by Gasteiger charge is 2.18. The number of para-hydroxylation sites is 1. The van der Waals surface area contributed by atoms with E-state index in [2.05, 4.69) is 47.1 Å². The maximum absolute atomic E-state index is 12.3. The number of nitrogens with one attached hydrogen (secondary N) is 3. The molecule has 28 heavy (non-hydrogen) atoms. The van der Waals surface area contributed by atoms with Gasteiger partial charge in [0.25, 0.3) is 0 Å². The van der Waals surface area contributed by atoms with Gasteiger partial charge in [0.1, 0.15) is 6.04 Å². The number of benzene rings is 2. The topological polar surface area (TPSA) is 71.3 Å². The molecule has 8 heteroatoms. The predicted molar refractivity (Wildman–Crippen MR) is 115 cm³/mol. The van der Waals surface area contributed by atoms with Crippen LogP contribution in [0.2, 0.25) is 0 Å². The van der Waals surface area contributed by atoms with Crippen molar-refractivity contribution in [2.45, 2.75) is 10.4 Å². The van der Waals surface area contributed by atoms with Crippen molar-refractivity contribution in [1.82, 2.24) is 15.5 Å². The number of quaternary nitrogens is 1. The van der Waals surface area contributed by atoms with E-state index >= 15 is 0 Å². The molecule has 0 bridgehead atoms. The molecule has 6 nitrogen and oxygen atoms in total. The van der Waals surface area contributed by atoms with Gasteiger partial charge in [0.2, 0.25) is 11.0 Å². The largest absolute Gasteiger partial charge is 0.349 e. The summed E-state index contributed by atoms with van der Waals surface area (Å²) in [7, 11) is 4.20. The number of thioether (sulfide) groups is 1. The lowest BCUT2D eigenvalue weighted by atomic mass is 10.1. The van der Waals surface area contributed by atoms with Gasteiger partial charge in [0.15, 0.2) is 4.34 Å². The normalized spacial score (nSPS) is 12.0. The van der Waals surface area contributed by atoms with Crippen LogP contribution < -0.4 is 15.5 Å². The Kier molecular flexibility index (Phi) is 7.41. The van der Waals surface area contributed by atoms with Crippen LogP contribution in [0.15, 0.2) is 65.0 Å². The number of likely N-dealkylation sites (N-methyl/N-ethyl adjacent to an activating group) is 1. The van der Waals surface area contributed by atoms with Gasteiger partial charge < -0.3 is 15.5 Å². The Hall–Kier alpha value is -2.42. The van der Waals surface area contributed by atoms with E-state index in [4.69, 9.17) is 0 Å². The molecule has 0 aliphatic heterocycles. The zero-order chi connectivity index (χ0) is 19.8. The van der Waals surface area contributed by atoms with Gasteiger partial charge in [0.05, 0.1) is 26.4 Å². The summed E-state index contributed by atoms with van der Waals surface area (Å²) in [5.74, 6) is 0.324. The maximum Gasteiger partial charge on any atom is 0.230 e. The second kappa shape index (κ2) is 10.2. The van der Waals surface area contributed by atoms with E-state index in [0.717, 1.165) is 15.2 Å². The number of hydrogen-bond donors (Lipinski definition) is 3. The summed E-state index contributed by atoms with van der Waals surface area (Å²) in [6.07, 6.45) is 0. The summed E-state index contributed by atoms with van der Waals surface area (Å²) in [5, 5.41) is 15.2. The highest BCUT2D eigenvalue weighted by molar-refractivity contribution is 8.01.